The molecule has 0 radical (unpaired) electrons. The summed E-state index contributed by atoms with van der Waals surface area (Å²) in [6.07, 6.45) is 4.72. The normalized spacial score (nSPS) is 11.8. The Morgan fingerprint density at radius 1 is 1.14 bits per heavy atom. The first-order valence-electron chi connectivity index (χ1n) is 10.9. The lowest BCUT2D eigenvalue weighted by atomic mass is 9.89. The molecule has 11 heteroatoms. The van der Waals surface area contributed by atoms with Gasteiger partial charge < -0.3 is 10.4 Å². The number of aryl methyl sites for hydroxylation is 1. The fourth-order valence-electron chi connectivity index (χ4n) is 3.11. The zero-order valence-electron chi connectivity index (χ0n) is 20.2. The molecule has 0 aliphatic carbocycles. The second kappa shape index (κ2) is 11.1. The molecular weight excluding hydrogens is 466 g/mol. The monoisotopic (exact) mass is 493 g/mol. The molecule has 2 amide bonds. The third kappa shape index (κ3) is 6.88. The van der Waals surface area contributed by atoms with Crippen molar-refractivity contribution in [2.75, 3.05) is 11.9 Å². The van der Waals surface area contributed by atoms with Crippen LogP contribution >= 0.6 is 11.3 Å². The first kappa shape index (κ1) is 25.9. The van der Waals surface area contributed by atoms with Crippen LogP contribution in [0.1, 0.15) is 82.3 Å². The molecule has 3 aromatic heterocycles. The molecule has 182 valence electrons. The van der Waals surface area contributed by atoms with Gasteiger partial charge >= 0.3 is 0 Å². The molecule has 3 rings (SSSR count). The van der Waals surface area contributed by atoms with E-state index in [1.54, 1.807) is 13.1 Å². The molecule has 0 aliphatic heterocycles. The molecule has 0 aliphatic rings. The largest absolute Gasteiger partial charge is 0.395 e. The zero-order chi connectivity index (χ0) is 25.6. The second-order valence-corrected chi connectivity index (χ2v) is 9.81. The number of carbonyl (C=O) groups excluding carboxylic acids is 2. The summed E-state index contributed by atoms with van der Waals surface area (Å²) in [7, 11) is 0. The first-order valence-corrected chi connectivity index (χ1v) is 11.7. The highest BCUT2D eigenvalue weighted by atomic mass is 32.1. The number of amides is 2. The van der Waals surface area contributed by atoms with E-state index in [1.807, 2.05) is 27.7 Å². The van der Waals surface area contributed by atoms with Crippen LogP contribution in [-0.4, -0.2) is 48.4 Å². The average molecular weight is 494 g/mol. The number of hydrogen-bond acceptors (Lipinski definition) is 9. The molecule has 0 saturated carbocycles. The number of anilines is 1. The Morgan fingerprint density at radius 2 is 1.91 bits per heavy atom. The van der Waals surface area contributed by atoms with Crippen LogP contribution in [0.5, 0.6) is 0 Å². The van der Waals surface area contributed by atoms with E-state index in [9.17, 15) is 9.59 Å². The van der Waals surface area contributed by atoms with Crippen molar-refractivity contribution in [3.8, 4) is 11.8 Å². The number of aliphatic hydroxyl groups excluding tert-OH is 1. The Bertz CT molecular complexity index is 1290. The maximum atomic E-state index is 12.7. The molecular formula is C24H27N7O3S. The summed E-state index contributed by atoms with van der Waals surface area (Å²) in [5, 5.41) is 14.9. The standard InChI is InChI=1S/C24H27N7O3S/c1-14-11-26-23(30-19(14)24(3,4)5)31-21(34)18-12-25-22(35-18)15(2)29-20(33)17-10-16(27-13-28-17)8-6-7-9-32/h10-13,15,32H,7,9H2,1-5H3,(H,29,33)(H,26,30,31,34). The van der Waals surface area contributed by atoms with Gasteiger partial charge in [-0.25, -0.2) is 24.9 Å². The molecule has 0 saturated heterocycles. The summed E-state index contributed by atoms with van der Waals surface area (Å²) in [6, 6.07) is 1.01. The van der Waals surface area contributed by atoms with Crippen LogP contribution in [0.4, 0.5) is 5.95 Å². The van der Waals surface area contributed by atoms with Crippen LogP contribution in [0.15, 0.2) is 24.8 Å². The minimum Gasteiger partial charge on any atom is -0.395 e. The van der Waals surface area contributed by atoms with Gasteiger partial charge in [0.25, 0.3) is 11.8 Å². The summed E-state index contributed by atoms with van der Waals surface area (Å²) in [4.78, 5) is 46.7. The highest BCUT2D eigenvalue weighted by Crippen LogP contribution is 2.25. The van der Waals surface area contributed by atoms with Crippen LogP contribution in [0.25, 0.3) is 0 Å². The van der Waals surface area contributed by atoms with E-state index in [4.69, 9.17) is 5.11 Å². The SMILES string of the molecule is Cc1cnc(NC(=O)c2cnc(C(C)NC(=O)c3cc(C#CCCO)ncn3)s2)nc1C(C)(C)C. The minimum absolute atomic E-state index is 0.0488. The van der Waals surface area contributed by atoms with Gasteiger partial charge in [-0.05, 0) is 25.3 Å². The van der Waals surface area contributed by atoms with Crippen molar-refractivity contribution in [2.24, 2.45) is 0 Å². The maximum absolute atomic E-state index is 12.7. The van der Waals surface area contributed by atoms with E-state index in [0.717, 1.165) is 22.6 Å². The van der Waals surface area contributed by atoms with Crippen molar-refractivity contribution in [1.82, 2.24) is 30.2 Å². The second-order valence-electron chi connectivity index (χ2n) is 8.75. The number of nitrogens with one attached hydrogen (secondary N) is 2. The summed E-state index contributed by atoms with van der Waals surface area (Å²) >= 11 is 1.16. The van der Waals surface area contributed by atoms with E-state index in [0.29, 0.717) is 22.0 Å². The summed E-state index contributed by atoms with van der Waals surface area (Å²) in [5.41, 5.74) is 2.16. The predicted octanol–water partition coefficient (Wildman–Crippen LogP) is 2.81. The topological polar surface area (TPSA) is 143 Å². The third-order valence-electron chi connectivity index (χ3n) is 4.73. The van der Waals surface area contributed by atoms with Gasteiger partial charge in [-0.3, -0.25) is 14.9 Å². The summed E-state index contributed by atoms with van der Waals surface area (Å²) in [6.45, 7) is 9.79. The Labute approximate surface area is 207 Å². The van der Waals surface area contributed by atoms with E-state index in [1.165, 1.54) is 18.6 Å². The van der Waals surface area contributed by atoms with E-state index < -0.39 is 11.9 Å². The molecule has 0 bridgehead atoms. The molecule has 0 spiro atoms. The molecule has 3 N–H and O–H groups in total. The first-order chi connectivity index (χ1) is 16.6. The van der Waals surface area contributed by atoms with Gasteiger partial charge in [-0.15, -0.1) is 11.3 Å². The summed E-state index contributed by atoms with van der Waals surface area (Å²) < 4.78 is 0. The number of nitrogens with zero attached hydrogens (tertiary/aromatic N) is 5. The van der Waals surface area contributed by atoms with Gasteiger partial charge in [0.05, 0.1) is 24.5 Å². The highest BCUT2D eigenvalue weighted by Gasteiger charge is 2.21. The molecule has 35 heavy (non-hydrogen) atoms. The molecule has 0 aromatic carbocycles. The van der Waals surface area contributed by atoms with Crippen molar-refractivity contribution in [1.29, 1.82) is 0 Å². The summed E-state index contributed by atoms with van der Waals surface area (Å²) in [5.74, 6) is 4.95. The molecule has 3 aromatic rings. The van der Waals surface area contributed by atoms with E-state index in [2.05, 4.69) is 47.4 Å². The van der Waals surface area contributed by atoms with E-state index in [-0.39, 0.29) is 29.6 Å². The van der Waals surface area contributed by atoms with Gasteiger partial charge in [-0.1, -0.05) is 26.7 Å². The quantitative estimate of drug-likeness (QED) is 0.445. The molecule has 1 atom stereocenters. The highest BCUT2D eigenvalue weighted by molar-refractivity contribution is 7.13. The lowest BCUT2D eigenvalue weighted by molar-refractivity contribution is 0.0934. The molecule has 3 heterocycles. The van der Waals surface area contributed by atoms with Crippen molar-refractivity contribution in [3.63, 3.8) is 0 Å². The zero-order valence-corrected chi connectivity index (χ0v) is 21.0. The van der Waals surface area contributed by atoms with Gasteiger partial charge in [0.2, 0.25) is 5.95 Å². The number of carbonyl (C=O) groups is 2. The minimum atomic E-state index is -0.462. The lowest BCUT2D eigenvalue weighted by Gasteiger charge is -2.20. The third-order valence-corrected chi connectivity index (χ3v) is 5.90. The van der Waals surface area contributed by atoms with E-state index >= 15 is 0 Å². The number of aliphatic hydroxyl groups is 1. The Hall–Kier alpha value is -3.75. The maximum Gasteiger partial charge on any atom is 0.270 e. The van der Waals surface area contributed by atoms with Crippen LogP contribution < -0.4 is 10.6 Å². The van der Waals surface area contributed by atoms with Crippen LogP contribution in [-0.2, 0) is 5.41 Å². The lowest BCUT2D eigenvalue weighted by Crippen LogP contribution is -2.27. The fraction of sp³-hybridized carbons (Fsp3) is 0.375. The van der Waals surface area contributed by atoms with Gasteiger partial charge in [0.1, 0.15) is 27.6 Å². The average Bonchev–Trinajstić information content (AvgIpc) is 3.31. The Balaban J connectivity index is 1.66. The van der Waals surface area contributed by atoms with Crippen LogP contribution in [0.3, 0.4) is 0 Å². The van der Waals surface area contributed by atoms with Crippen molar-refractivity contribution in [2.45, 2.75) is 52.5 Å². The number of rotatable bonds is 6. The van der Waals surface area contributed by atoms with Crippen LogP contribution in [0, 0.1) is 18.8 Å². The van der Waals surface area contributed by atoms with Crippen molar-refractivity contribution in [3.05, 3.63) is 57.3 Å². The fourth-order valence-corrected chi connectivity index (χ4v) is 3.92. The molecule has 1 unspecified atom stereocenters. The van der Waals surface area contributed by atoms with Gasteiger partial charge in [0, 0.05) is 24.1 Å². The number of aromatic nitrogens is 5. The predicted molar refractivity (Wildman–Crippen MR) is 132 cm³/mol. The Morgan fingerprint density at radius 3 is 2.63 bits per heavy atom. The molecule has 10 nitrogen and oxygen atoms in total. The van der Waals surface area contributed by atoms with Crippen molar-refractivity contribution >= 4 is 29.1 Å². The van der Waals surface area contributed by atoms with Gasteiger partial charge in [0.15, 0.2) is 0 Å². The van der Waals surface area contributed by atoms with Gasteiger partial charge in [-0.2, -0.15) is 0 Å². The number of thiazole rings is 1. The van der Waals surface area contributed by atoms with Crippen LogP contribution in [0.2, 0.25) is 0 Å². The molecule has 0 fully saturated rings. The van der Waals surface area contributed by atoms with Crippen molar-refractivity contribution < 1.29 is 14.7 Å². The smallest absolute Gasteiger partial charge is 0.270 e. The number of hydrogen-bond donors (Lipinski definition) is 3. The Kier molecular flexibility index (Phi) is 8.22.